The molecule has 0 bridgehead atoms. The molecule has 0 aromatic heterocycles. The number of Topliss-reactive ketones (excluding diaryl/α,β-unsaturated/α-hetero) is 1. The lowest BCUT2D eigenvalue weighted by Gasteiger charge is -2.29. The predicted octanol–water partition coefficient (Wildman–Crippen LogP) is 3.47. The Morgan fingerprint density at radius 1 is 0.686 bits per heavy atom. The first-order chi connectivity index (χ1) is 24.0. The molecule has 1 aliphatic heterocycles. The second-order valence-electron chi connectivity index (χ2n) is 15.2. The first-order valence-electron chi connectivity index (χ1n) is 19.3. The van der Waals surface area contributed by atoms with E-state index in [1.165, 1.54) is 13.3 Å². The maximum atomic E-state index is 13.8. The van der Waals surface area contributed by atoms with Gasteiger partial charge in [0, 0.05) is 6.42 Å². The number of ether oxygens (including phenoxy) is 1. The summed E-state index contributed by atoms with van der Waals surface area (Å²) in [6.07, 6.45) is 5.63. The molecule has 6 N–H and O–H groups in total. The number of esters is 1. The van der Waals surface area contributed by atoms with E-state index in [4.69, 9.17) is 4.74 Å². The third-order valence-electron chi connectivity index (χ3n) is 9.52. The largest absolute Gasteiger partial charge is 0.460 e. The predicted molar refractivity (Wildman–Crippen MR) is 195 cm³/mol. The fourth-order valence-electron chi connectivity index (χ4n) is 6.18. The molecule has 1 fully saturated rings. The molecular formula is C38H68N4O9. The third-order valence-corrected chi connectivity index (χ3v) is 9.52. The molecule has 294 valence electrons. The van der Waals surface area contributed by atoms with Gasteiger partial charge in [-0.15, -0.1) is 0 Å². The van der Waals surface area contributed by atoms with Crippen LogP contribution < -0.4 is 21.3 Å². The van der Waals surface area contributed by atoms with Crippen molar-refractivity contribution in [1.82, 2.24) is 21.3 Å². The minimum absolute atomic E-state index is 0.0331. The van der Waals surface area contributed by atoms with Crippen LogP contribution in [-0.4, -0.2) is 88.6 Å². The van der Waals surface area contributed by atoms with Crippen LogP contribution in [0.15, 0.2) is 0 Å². The van der Waals surface area contributed by atoms with E-state index in [-0.39, 0.29) is 37.0 Å². The van der Waals surface area contributed by atoms with Crippen LogP contribution in [0.4, 0.5) is 0 Å². The molecule has 0 saturated carbocycles. The lowest BCUT2D eigenvalue weighted by molar-refractivity contribution is -0.156. The van der Waals surface area contributed by atoms with Gasteiger partial charge in [-0.05, 0) is 50.4 Å². The molecule has 4 amide bonds. The van der Waals surface area contributed by atoms with Crippen LogP contribution in [0.2, 0.25) is 0 Å². The number of carbonyl (C=O) groups excluding carboxylic acids is 6. The Balaban J connectivity index is 3.59. The SMILES string of the molecule is CCCCCCCCCC1CC(=O)NC(CC(C)C)C(=O)NC(CO)C(=O)CC(C(C)O)C(=O)NC(CC(C)C)C(=O)NC(C(C)CC)C(=O)O1. The van der Waals surface area contributed by atoms with Gasteiger partial charge in [0.1, 0.15) is 30.3 Å². The van der Waals surface area contributed by atoms with Gasteiger partial charge in [0.25, 0.3) is 0 Å². The van der Waals surface area contributed by atoms with Crippen LogP contribution in [0, 0.1) is 23.7 Å². The van der Waals surface area contributed by atoms with E-state index < -0.39 is 90.7 Å². The molecule has 0 aromatic rings. The second-order valence-corrected chi connectivity index (χ2v) is 15.2. The quantitative estimate of drug-likeness (QED) is 0.102. The maximum absolute atomic E-state index is 13.8. The van der Waals surface area contributed by atoms with Crippen LogP contribution in [0.5, 0.6) is 0 Å². The van der Waals surface area contributed by atoms with Crippen LogP contribution in [-0.2, 0) is 33.5 Å². The molecule has 8 atom stereocenters. The van der Waals surface area contributed by atoms with E-state index in [9.17, 15) is 39.0 Å². The van der Waals surface area contributed by atoms with Crippen molar-refractivity contribution in [3.63, 3.8) is 0 Å². The molecule has 51 heavy (non-hydrogen) atoms. The molecule has 1 aliphatic rings. The minimum atomic E-state index is -1.41. The zero-order chi connectivity index (χ0) is 38.7. The summed E-state index contributed by atoms with van der Waals surface area (Å²) < 4.78 is 5.98. The van der Waals surface area contributed by atoms with Crippen molar-refractivity contribution in [1.29, 1.82) is 0 Å². The van der Waals surface area contributed by atoms with Crippen LogP contribution in [0.1, 0.15) is 139 Å². The summed E-state index contributed by atoms with van der Waals surface area (Å²) in [7, 11) is 0. The van der Waals surface area contributed by atoms with E-state index in [0.29, 0.717) is 19.3 Å². The van der Waals surface area contributed by atoms with Crippen LogP contribution >= 0.6 is 0 Å². The van der Waals surface area contributed by atoms with E-state index >= 15 is 0 Å². The summed E-state index contributed by atoms with van der Waals surface area (Å²) in [6, 6.07) is -4.64. The van der Waals surface area contributed by atoms with Gasteiger partial charge in [0.05, 0.1) is 25.0 Å². The summed E-state index contributed by atoms with van der Waals surface area (Å²) >= 11 is 0. The van der Waals surface area contributed by atoms with Crippen molar-refractivity contribution in [3.05, 3.63) is 0 Å². The zero-order valence-electron chi connectivity index (χ0n) is 32.4. The third kappa shape index (κ3) is 17.3. The van der Waals surface area contributed by atoms with Crippen molar-refractivity contribution < 1.29 is 43.7 Å². The number of amides is 4. The first-order valence-corrected chi connectivity index (χ1v) is 19.3. The highest BCUT2D eigenvalue weighted by Gasteiger charge is 2.37. The van der Waals surface area contributed by atoms with Crippen molar-refractivity contribution in [2.75, 3.05) is 6.61 Å². The number of cyclic esters (lactones) is 1. The fraction of sp³-hybridized carbons (Fsp3) is 0.842. The van der Waals surface area contributed by atoms with Crippen molar-refractivity contribution >= 4 is 35.4 Å². The maximum Gasteiger partial charge on any atom is 0.329 e. The Kier molecular flexibility index (Phi) is 21.8. The highest BCUT2D eigenvalue weighted by atomic mass is 16.5. The molecule has 1 rings (SSSR count). The van der Waals surface area contributed by atoms with E-state index in [1.807, 2.05) is 34.6 Å². The van der Waals surface area contributed by atoms with Gasteiger partial charge in [0.15, 0.2) is 5.78 Å². The number of nitrogens with one attached hydrogen (secondary N) is 4. The van der Waals surface area contributed by atoms with Gasteiger partial charge in [-0.25, -0.2) is 4.79 Å². The molecule has 13 heteroatoms. The molecule has 1 saturated heterocycles. The number of unbranched alkanes of at least 4 members (excludes halogenated alkanes) is 6. The van der Waals surface area contributed by atoms with Gasteiger partial charge >= 0.3 is 5.97 Å². The second kappa shape index (κ2) is 24.2. The summed E-state index contributed by atoms with van der Waals surface area (Å²) in [4.78, 5) is 81.4. The summed E-state index contributed by atoms with van der Waals surface area (Å²) in [5.41, 5.74) is 0. The number of carbonyl (C=O) groups is 6. The Bertz CT molecular complexity index is 1110. The van der Waals surface area contributed by atoms with Gasteiger partial charge in [-0.2, -0.15) is 0 Å². The van der Waals surface area contributed by atoms with Gasteiger partial charge in [0.2, 0.25) is 23.6 Å². The van der Waals surface area contributed by atoms with Crippen LogP contribution in [0.25, 0.3) is 0 Å². The fourth-order valence-corrected chi connectivity index (χ4v) is 6.18. The van der Waals surface area contributed by atoms with Crippen LogP contribution in [0.3, 0.4) is 0 Å². The number of ketones is 1. The average Bonchev–Trinajstić information content (AvgIpc) is 3.05. The number of hydrogen-bond donors (Lipinski definition) is 6. The molecule has 0 spiro atoms. The molecule has 13 nitrogen and oxygen atoms in total. The molecule has 1 heterocycles. The van der Waals surface area contributed by atoms with Crippen molar-refractivity contribution in [3.8, 4) is 0 Å². The smallest absolute Gasteiger partial charge is 0.329 e. The minimum Gasteiger partial charge on any atom is -0.460 e. The lowest BCUT2D eigenvalue weighted by Crippen LogP contribution is -2.56. The molecule has 0 radical (unpaired) electrons. The topological polar surface area (TPSA) is 200 Å². The Hall–Kier alpha value is -3.06. The zero-order valence-corrected chi connectivity index (χ0v) is 32.4. The van der Waals surface area contributed by atoms with Gasteiger partial charge in [-0.3, -0.25) is 24.0 Å². The van der Waals surface area contributed by atoms with Gasteiger partial charge in [-0.1, -0.05) is 93.4 Å². The molecular weight excluding hydrogens is 656 g/mol. The Labute approximate surface area is 305 Å². The lowest BCUT2D eigenvalue weighted by atomic mass is 9.92. The summed E-state index contributed by atoms with van der Waals surface area (Å²) in [5, 5.41) is 31.3. The number of hydrogen-bond acceptors (Lipinski definition) is 9. The highest BCUT2D eigenvalue weighted by Crippen LogP contribution is 2.19. The molecule has 0 aliphatic carbocycles. The molecule has 0 aromatic carbocycles. The van der Waals surface area contributed by atoms with Crippen molar-refractivity contribution in [2.45, 2.75) is 175 Å². The summed E-state index contributed by atoms with van der Waals surface area (Å²) in [6.45, 7) is 13.9. The van der Waals surface area contributed by atoms with E-state index in [1.54, 1.807) is 6.92 Å². The standard InChI is InChI=1S/C38H68N4O9/c1-9-11-12-13-14-15-16-17-27-20-33(46)39-29(18-23(3)4)36(48)41-31(22-43)32(45)21-28(26(8)44)35(47)40-30(19-24(5)6)37(49)42-34(25(7)10-2)38(50)51-27/h23-31,34,43-44H,9-22H2,1-8H3,(H,39,46)(H,40,47)(H,41,48)(H,42,49). The monoisotopic (exact) mass is 724 g/mol. The highest BCUT2D eigenvalue weighted by molar-refractivity contribution is 5.96. The summed E-state index contributed by atoms with van der Waals surface area (Å²) in [5.74, 6) is -5.73. The first kappa shape index (κ1) is 46.0. The normalized spacial score (nSPS) is 26.3. The number of aliphatic hydroxyl groups excluding tert-OH is 2. The number of rotatable bonds is 16. The Morgan fingerprint density at radius 2 is 1.22 bits per heavy atom. The van der Waals surface area contributed by atoms with E-state index in [0.717, 1.165) is 32.1 Å². The number of aliphatic hydroxyl groups is 2. The van der Waals surface area contributed by atoms with E-state index in [2.05, 4.69) is 28.2 Å². The molecule has 8 unspecified atom stereocenters. The van der Waals surface area contributed by atoms with Crippen molar-refractivity contribution in [2.24, 2.45) is 23.7 Å². The average molecular weight is 725 g/mol. The van der Waals surface area contributed by atoms with Gasteiger partial charge < -0.3 is 36.2 Å². The Morgan fingerprint density at radius 3 is 1.75 bits per heavy atom.